The topological polar surface area (TPSA) is 66.2 Å². The van der Waals surface area contributed by atoms with Crippen LogP contribution in [0.25, 0.3) is 10.9 Å². The number of rotatable bonds is 10. The fourth-order valence-electron chi connectivity index (χ4n) is 4.87. The van der Waals surface area contributed by atoms with Crippen molar-refractivity contribution in [2.24, 2.45) is 0 Å². The number of carbonyl (C=O) groups is 1. The van der Waals surface area contributed by atoms with Gasteiger partial charge in [-0.3, -0.25) is 4.79 Å². The Hall–Kier alpha value is -4.51. The molecule has 1 amide bonds. The Morgan fingerprint density at radius 3 is 2.18 bits per heavy atom. The molecule has 5 aromatic rings. The number of nitrogens with one attached hydrogen (secondary N) is 3. The van der Waals surface area contributed by atoms with Gasteiger partial charge >= 0.3 is 0 Å². The zero-order valence-electron chi connectivity index (χ0n) is 22.7. The first-order chi connectivity index (χ1) is 18.9. The number of hydrogen-bond donors (Lipinski definition) is 3. The fraction of sp³-hybridized carbons (Fsp3) is 0.206. The molecule has 1 heterocycles. The summed E-state index contributed by atoms with van der Waals surface area (Å²) in [6.45, 7) is 7.14. The summed E-state index contributed by atoms with van der Waals surface area (Å²) in [5, 5.41) is 7.83. The van der Waals surface area contributed by atoms with E-state index < -0.39 is 5.41 Å². The van der Waals surface area contributed by atoms with Crippen LogP contribution in [0.2, 0.25) is 0 Å². The van der Waals surface area contributed by atoms with E-state index >= 15 is 0 Å². The predicted molar refractivity (Wildman–Crippen MR) is 159 cm³/mol. The number of H-pyrrole nitrogens is 1. The number of amides is 1. The van der Waals surface area contributed by atoms with E-state index in [1.54, 1.807) is 0 Å². The third-order valence-electron chi connectivity index (χ3n) is 7.19. The van der Waals surface area contributed by atoms with Gasteiger partial charge in [-0.2, -0.15) is 0 Å². The Bertz CT molecular complexity index is 1520. The molecule has 0 saturated heterocycles. The summed E-state index contributed by atoms with van der Waals surface area (Å²) in [4.78, 5) is 17.2. The number of aromatic amines is 1. The van der Waals surface area contributed by atoms with E-state index in [-0.39, 0.29) is 11.9 Å². The smallest absolute Gasteiger partial charge is 0.230 e. The summed E-state index contributed by atoms with van der Waals surface area (Å²) in [7, 11) is 0. The first-order valence-corrected chi connectivity index (χ1v) is 13.4. The van der Waals surface area contributed by atoms with Gasteiger partial charge in [0.05, 0.1) is 11.5 Å². The molecule has 5 rings (SSSR count). The normalized spacial score (nSPS) is 12.2. The van der Waals surface area contributed by atoms with Gasteiger partial charge in [0.25, 0.3) is 0 Å². The molecule has 1 unspecified atom stereocenters. The maximum Gasteiger partial charge on any atom is 0.230 e. The van der Waals surface area contributed by atoms with Gasteiger partial charge in [0, 0.05) is 23.0 Å². The Kier molecular flexibility index (Phi) is 7.69. The van der Waals surface area contributed by atoms with Crippen LogP contribution in [0.3, 0.4) is 0 Å². The second-order valence-electron chi connectivity index (χ2n) is 10.4. The number of benzene rings is 4. The highest BCUT2D eigenvalue weighted by Gasteiger charge is 2.35. The first-order valence-electron chi connectivity index (χ1n) is 13.4. The van der Waals surface area contributed by atoms with Crippen molar-refractivity contribution >= 4 is 22.6 Å². The molecule has 0 radical (unpaired) electrons. The molecular weight excluding hydrogens is 482 g/mol. The second kappa shape index (κ2) is 11.5. The van der Waals surface area contributed by atoms with Gasteiger partial charge in [0.1, 0.15) is 18.2 Å². The second-order valence-corrected chi connectivity index (χ2v) is 10.4. The Balaban J connectivity index is 1.31. The average molecular weight is 518 g/mol. The van der Waals surface area contributed by atoms with Crippen LogP contribution in [0.5, 0.6) is 5.75 Å². The zero-order valence-corrected chi connectivity index (χ0v) is 22.7. The van der Waals surface area contributed by atoms with Crippen molar-refractivity contribution in [3.63, 3.8) is 0 Å². The van der Waals surface area contributed by atoms with Crippen molar-refractivity contribution in [1.82, 2.24) is 10.3 Å². The minimum atomic E-state index is -0.778. The number of fused-ring (bicyclic) bond motifs is 1. The molecule has 1 atom stereocenters. The molecule has 0 aliphatic rings. The molecular formula is C34H35N3O2. The van der Waals surface area contributed by atoms with Gasteiger partial charge in [-0.25, -0.2) is 0 Å². The summed E-state index contributed by atoms with van der Waals surface area (Å²) in [6.07, 6.45) is 0. The van der Waals surface area contributed by atoms with Crippen molar-refractivity contribution in [3.05, 3.63) is 131 Å². The van der Waals surface area contributed by atoms with Crippen LogP contribution in [0.4, 0.5) is 5.82 Å². The van der Waals surface area contributed by atoms with E-state index in [0.29, 0.717) is 13.2 Å². The van der Waals surface area contributed by atoms with Crippen LogP contribution in [-0.4, -0.2) is 10.9 Å². The van der Waals surface area contributed by atoms with E-state index in [1.165, 1.54) is 0 Å². The molecule has 0 bridgehead atoms. The van der Waals surface area contributed by atoms with Crippen molar-refractivity contribution < 1.29 is 9.53 Å². The van der Waals surface area contributed by atoms with Gasteiger partial charge < -0.3 is 20.4 Å². The third kappa shape index (κ3) is 5.99. The summed E-state index contributed by atoms with van der Waals surface area (Å²) < 4.78 is 5.93. The molecule has 39 heavy (non-hydrogen) atoms. The largest absolute Gasteiger partial charge is 0.489 e. The highest BCUT2D eigenvalue weighted by molar-refractivity contribution is 5.98. The Labute approximate surface area is 230 Å². The lowest BCUT2D eigenvalue weighted by atomic mass is 9.82. The number of para-hydroxylation sites is 1. The number of hydrogen-bond acceptors (Lipinski definition) is 3. The van der Waals surface area contributed by atoms with Crippen LogP contribution in [0, 0.1) is 0 Å². The molecule has 5 nitrogen and oxygen atoms in total. The SMILES string of the molecule is CC(NC(=O)C(C)(C)c1c(NCc2ccc(OCc3ccccc3)cc2)[nH]c2ccccc12)c1ccccc1. The van der Waals surface area contributed by atoms with Crippen molar-refractivity contribution in [2.45, 2.75) is 45.4 Å². The molecule has 0 aliphatic carbocycles. The minimum Gasteiger partial charge on any atom is -0.489 e. The van der Waals surface area contributed by atoms with E-state index in [1.807, 2.05) is 99.6 Å². The highest BCUT2D eigenvalue weighted by atomic mass is 16.5. The molecule has 1 aromatic heterocycles. The van der Waals surface area contributed by atoms with Gasteiger partial charge in [-0.15, -0.1) is 0 Å². The van der Waals surface area contributed by atoms with Crippen LogP contribution in [-0.2, 0) is 23.4 Å². The molecule has 0 spiro atoms. The lowest BCUT2D eigenvalue weighted by Gasteiger charge is -2.27. The van der Waals surface area contributed by atoms with Crippen LogP contribution >= 0.6 is 0 Å². The molecule has 0 aliphatic heterocycles. The van der Waals surface area contributed by atoms with Gasteiger partial charge in [-0.1, -0.05) is 91.0 Å². The van der Waals surface area contributed by atoms with E-state index in [2.05, 4.69) is 45.9 Å². The van der Waals surface area contributed by atoms with Gasteiger partial charge in [-0.05, 0) is 55.7 Å². The molecule has 0 fully saturated rings. The van der Waals surface area contributed by atoms with Gasteiger partial charge in [0.2, 0.25) is 5.91 Å². The lowest BCUT2D eigenvalue weighted by molar-refractivity contribution is -0.126. The number of ether oxygens (including phenoxy) is 1. The fourth-order valence-corrected chi connectivity index (χ4v) is 4.87. The Morgan fingerprint density at radius 1 is 0.821 bits per heavy atom. The maximum absolute atomic E-state index is 13.7. The summed E-state index contributed by atoms with van der Waals surface area (Å²) in [5.41, 5.74) is 4.51. The molecule has 4 aromatic carbocycles. The first kappa shape index (κ1) is 26.1. The third-order valence-corrected chi connectivity index (χ3v) is 7.19. The summed E-state index contributed by atoms with van der Waals surface area (Å²) >= 11 is 0. The van der Waals surface area contributed by atoms with Crippen molar-refractivity contribution in [3.8, 4) is 5.75 Å². The number of carbonyl (C=O) groups excluding carboxylic acids is 1. The summed E-state index contributed by atoms with van der Waals surface area (Å²) in [6, 6.07) is 36.3. The van der Waals surface area contributed by atoms with Crippen LogP contribution in [0.15, 0.2) is 109 Å². The number of aromatic nitrogens is 1. The van der Waals surface area contributed by atoms with Gasteiger partial charge in [0.15, 0.2) is 0 Å². The van der Waals surface area contributed by atoms with Crippen LogP contribution in [0.1, 0.15) is 49.1 Å². The average Bonchev–Trinajstić information content (AvgIpc) is 3.36. The maximum atomic E-state index is 13.7. The van der Waals surface area contributed by atoms with E-state index in [9.17, 15) is 4.79 Å². The monoisotopic (exact) mass is 517 g/mol. The van der Waals surface area contributed by atoms with Crippen LogP contribution < -0.4 is 15.4 Å². The quantitative estimate of drug-likeness (QED) is 0.180. The molecule has 5 heteroatoms. The molecule has 198 valence electrons. The molecule has 0 saturated carbocycles. The summed E-state index contributed by atoms with van der Waals surface area (Å²) in [5.74, 6) is 1.67. The molecule has 3 N–H and O–H groups in total. The van der Waals surface area contributed by atoms with Crippen molar-refractivity contribution in [2.75, 3.05) is 5.32 Å². The predicted octanol–water partition coefficient (Wildman–Crippen LogP) is 7.51. The minimum absolute atomic E-state index is 0.0217. The van der Waals surface area contributed by atoms with E-state index in [4.69, 9.17) is 4.74 Å². The lowest BCUT2D eigenvalue weighted by Crippen LogP contribution is -2.41. The van der Waals surface area contributed by atoms with E-state index in [0.717, 1.165) is 44.7 Å². The van der Waals surface area contributed by atoms with Crippen molar-refractivity contribution in [1.29, 1.82) is 0 Å². The standard InChI is InChI=1S/C34H35N3O2/c1-24(27-14-8-5-9-15-27)36-33(38)34(2,3)31-29-16-10-11-17-30(29)37-32(31)35-22-25-18-20-28(21-19-25)39-23-26-12-6-4-7-13-26/h4-21,24,35,37H,22-23H2,1-3H3,(H,36,38). The number of anilines is 1. The highest BCUT2D eigenvalue weighted by Crippen LogP contribution is 2.37. The zero-order chi connectivity index (χ0) is 27.2. The Morgan fingerprint density at radius 2 is 1.46 bits per heavy atom.